The van der Waals surface area contributed by atoms with E-state index in [-0.39, 0.29) is 23.7 Å². The molecular formula is C14H25NO3. The van der Waals surface area contributed by atoms with Gasteiger partial charge in [0, 0.05) is 5.92 Å². The molecule has 1 N–H and O–H groups in total. The molecule has 1 saturated carbocycles. The molecular weight excluding hydrogens is 230 g/mol. The van der Waals surface area contributed by atoms with Crippen molar-refractivity contribution in [3.63, 3.8) is 0 Å². The van der Waals surface area contributed by atoms with Crippen LogP contribution in [0.1, 0.15) is 47.0 Å². The van der Waals surface area contributed by atoms with Gasteiger partial charge in [0.1, 0.15) is 0 Å². The average molecular weight is 255 g/mol. The molecule has 0 radical (unpaired) electrons. The van der Waals surface area contributed by atoms with Crippen LogP contribution < -0.4 is 5.32 Å². The van der Waals surface area contributed by atoms with Crippen LogP contribution in [0.4, 0.5) is 4.79 Å². The lowest BCUT2D eigenvalue weighted by Crippen LogP contribution is -2.52. The van der Waals surface area contributed by atoms with E-state index >= 15 is 0 Å². The van der Waals surface area contributed by atoms with Crippen molar-refractivity contribution in [1.82, 2.24) is 5.32 Å². The number of Topliss-reactive ketones (excluding diaryl/α,β-unsaturated/α-hetero) is 1. The molecule has 4 heteroatoms. The van der Waals surface area contributed by atoms with Gasteiger partial charge in [0.05, 0.1) is 12.6 Å². The van der Waals surface area contributed by atoms with Crippen molar-refractivity contribution in [3.8, 4) is 0 Å². The van der Waals surface area contributed by atoms with Crippen LogP contribution in [-0.2, 0) is 9.53 Å². The topological polar surface area (TPSA) is 55.4 Å². The van der Waals surface area contributed by atoms with E-state index in [0.717, 1.165) is 19.3 Å². The fourth-order valence-corrected chi connectivity index (χ4v) is 2.53. The molecule has 1 rings (SSSR count). The quantitative estimate of drug-likeness (QED) is 0.840. The van der Waals surface area contributed by atoms with Crippen molar-refractivity contribution >= 4 is 11.9 Å². The predicted molar refractivity (Wildman–Crippen MR) is 70.3 cm³/mol. The molecule has 18 heavy (non-hydrogen) atoms. The van der Waals surface area contributed by atoms with Crippen LogP contribution in [0, 0.1) is 17.8 Å². The molecule has 104 valence electrons. The maximum atomic E-state index is 12.2. The zero-order chi connectivity index (χ0) is 13.7. The van der Waals surface area contributed by atoms with E-state index < -0.39 is 6.09 Å². The number of carbonyl (C=O) groups excluding carboxylic acids is 2. The third-order valence-corrected chi connectivity index (χ3v) is 3.72. The minimum Gasteiger partial charge on any atom is -0.450 e. The third-order valence-electron chi connectivity index (χ3n) is 3.72. The molecule has 3 unspecified atom stereocenters. The summed E-state index contributed by atoms with van der Waals surface area (Å²) in [6.07, 6.45) is 2.23. The second-order valence-electron chi connectivity index (χ2n) is 5.55. The Balaban J connectivity index is 2.66. The summed E-state index contributed by atoms with van der Waals surface area (Å²) in [6, 6.07) is -0.377. The number of ether oxygens (including phenoxy) is 1. The van der Waals surface area contributed by atoms with Gasteiger partial charge in [-0.25, -0.2) is 4.79 Å². The molecule has 0 aromatic rings. The van der Waals surface area contributed by atoms with Gasteiger partial charge >= 0.3 is 6.09 Å². The van der Waals surface area contributed by atoms with Gasteiger partial charge in [0.2, 0.25) is 0 Å². The van der Waals surface area contributed by atoms with Crippen molar-refractivity contribution in [2.24, 2.45) is 17.8 Å². The molecule has 1 amide bonds. The summed E-state index contributed by atoms with van der Waals surface area (Å²) in [7, 11) is 0. The Morgan fingerprint density at radius 3 is 2.67 bits per heavy atom. The normalized spacial score (nSPS) is 28.3. The Morgan fingerprint density at radius 2 is 2.11 bits per heavy atom. The molecule has 0 aromatic heterocycles. The van der Waals surface area contributed by atoms with Crippen LogP contribution in [0.15, 0.2) is 0 Å². The Hall–Kier alpha value is -1.06. The molecule has 0 heterocycles. The standard InChI is InChI=1S/C14H25NO3/c1-5-8-18-14(17)15-12-11(9(2)3)7-6-10(4)13(12)16/h9-12H,5-8H2,1-4H3,(H,15,17). The van der Waals surface area contributed by atoms with E-state index in [4.69, 9.17) is 4.74 Å². The van der Waals surface area contributed by atoms with E-state index in [2.05, 4.69) is 19.2 Å². The number of rotatable bonds is 4. The van der Waals surface area contributed by atoms with Gasteiger partial charge in [-0.15, -0.1) is 0 Å². The van der Waals surface area contributed by atoms with Crippen molar-refractivity contribution in [2.75, 3.05) is 6.61 Å². The lowest BCUT2D eigenvalue weighted by atomic mass is 9.73. The summed E-state index contributed by atoms with van der Waals surface area (Å²) in [6.45, 7) is 8.47. The van der Waals surface area contributed by atoms with Crippen LogP contribution >= 0.6 is 0 Å². The maximum absolute atomic E-state index is 12.2. The van der Waals surface area contributed by atoms with Gasteiger partial charge in [-0.1, -0.05) is 27.7 Å². The molecule has 1 fully saturated rings. The van der Waals surface area contributed by atoms with Crippen molar-refractivity contribution in [2.45, 2.75) is 53.0 Å². The summed E-state index contributed by atoms with van der Waals surface area (Å²) in [5.41, 5.74) is 0. The van der Waals surface area contributed by atoms with Gasteiger partial charge in [-0.2, -0.15) is 0 Å². The van der Waals surface area contributed by atoms with E-state index in [1.54, 1.807) is 0 Å². The number of ketones is 1. The summed E-state index contributed by atoms with van der Waals surface area (Å²) in [4.78, 5) is 23.8. The predicted octanol–water partition coefficient (Wildman–Crippen LogP) is 2.76. The Labute approximate surface area is 109 Å². The zero-order valence-corrected chi connectivity index (χ0v) is 11.9. The lowest BCUT2D eigenvalue weighted by Gasteiger charge is -2.36. The first kappa shape index (κ1) is 15.0. The molecule has 3 atom stereocenters. The summed E-state index contributed by atoms with van der Waals surface area (Å²) in [5.74, 6) is 0.797. The highest BCUT2D eigenvalue weighted by Gasteiger charge is 2.38. The van der Waals surface area contributed by atoms with Crippen LogP contribution in [0.2, 0.25) is 0 Å². The molecule has 0 saturated heterocycles. The summed E-state index contributed by atoms with van der Waals surface area (Å²) < 4.78 is 5.00. The van der Waals surface area contributed by atoms with E-state index in [9.17, 15) is 9.59 Å². The van der Waals surface area contributed by atoms with Gasteiger partial charge in [0.15, 0.2) is 5.78 Å². The maximum Gasteiger partial charge on any atom is 0.407 e. The van der Waals surface area contributed by atoms with E-state index in [1.165, 1.54) is 0 Å². The highest BCUT2D eigenvalue weighted by Crippen LogP contribution is 2.31. The lowest BCUT2D eigenvalue weighted by molar-refractivity contribution is -0.128. The molecule has 0 bridgehead atoms. The molecule has 4 nitrogen and oxygen atoms in total. The number of hydrogen-bond acceptors (Lipinski definition) is 3. The number of nitrogens with one attached hydrogen (secondary N) is 1. The van der Waals surface area contributed by atoms with Crippen LogP contribution in [0.5, 0.6) is 0 Å². The average Bonchev–Trinajstić information content (AvgIpc) is 2.32. The van der Waals surface area contributed by atoms with Crippen molar-refractivity contribution in [3.05, 3.63) is 0 Å². The number of alkyl carbamates (subject to hydrolysis) is 1. The molecule has 1 aliphatic rings. The first-order valence-corrected chi connectivity index (χ1v) is 6.94. The van der Waals surface area contributed by atoms with Gasteiger partial charge in [-0.3, -0.25) is 4.79 Å². The smallest absolute Gasteiger partial charge is 0.407 e. The van der Waals surface area contributed by atoms with E-state index in [0.29, 0.717) is 12.5 Å². The molecule has 1 aliphatic carbocycles. The molecule has 0 aromatic carbocycles. The van der Waals surface area contributed by atoms with Gasteiger partial charge in [-0.05, 0) is 31.1 Å². The third kappa shape index (κ3) is 3.72. The van der Waals surface area contributed by atoms with Crippen LogP contribution in [0.3, 0.4) is 0 Å². The second kappa shape index (κ2) is 6.76. The first-order valence-electron chi connectivity index (χ1n) is 6.94. The number of amides is 1. The summed E-state index contributed by atoms with van der Waals surface area (Å²) in [5, 5.41) is 2.75. The molecule has 0 aliphatic heterocycles. The fourth-order valence-electron chi connectivity index (χ4n) is 2.53. The van der Waals surface area contributed by atoms with Crippen LogP contribution in [0.25, 0.3) is 0 Å². The minimum atomic E-state index is -0.463. The number of hydrogen-bond donors (Lipinski definition) is 1. The zero-order valence-electron chi connectivity index (χ0n) is 11.9. The van der Waals surface area contributed by atoms with Gasteiger partial charge < -0.3 is 10.1 Å². The first-order chi connectivity index (χ1) is 8.47. The minimum absolute atomic E-state index is 0.0384. The SMILES string of the molecule is CCCOC(=O)NC1C(=O)C(C)CCC1C(C)C. The second-order valence-corrected chi connectivity index (χ2v) is 5.55. The highest BCUT2D eigenvalue weighted by atomic mass is 16.5. The fraction of sp³-hybridized carbons (Fsp3) is 0.857. The largest absolute Gasteiger partial charge is 0.450 e. The monoisotopic (exact) mass is 255 g/mol. The highest BCUT2D eigenvalue weighted by molar-refractivity contribution is 5.90. The Kier molecular flexibility index (Phi) is 5.63. The van der Waals surface area contributed by atoms with Crippen LogP contribution in [-0.4, -0.2) is 24.5 Å². The summed E-state index contributed by atoms with van der Waals surface area (Å²) >= 11 is 0. The van der Waals surface area contributed by atoms with Crippen molar-refractivity contribution < 1.29 is 14.3 Å². The molecule has 0 spiro atoms. The van der Waals surface area contributed by atoms with Crippen molar-refractivity contribution in [1.29, 1.82) is 0 Å². The Bertz CT molecular complexity index is 301. The van der Waals surface area contributed by atoms with E-state index in [1.807, 2.05) is 13.8 Å². The van der Waals surface area contributed by atoms with Gasteiger partial charge in [0.25, 0.3) is 0 Å². The number of carbonyl (C=O) groups is 2. The Morgan fingerprint density at radius 1 is 1.44 bits per heavy atom.